The molecule has 0 aromatic heterocycles. The molecule has 1 aliphatic heterocycles. The van der Waals surface area contributed by atoms with Gasteiger partial charge in [-0.25, -0.2) is 8.42 Å². The number of benzene rings is 2. The zero-order valence-electron chi connectivity index (χ0n) is 13.3. The van der Waals surface area contributed by atoms with Crippen LogP contribution in [0.5, 0.6) is 0 Å². The minimum atomic E-state index is -3.43. The van der Waals surface area contributed by atoms with E-state index in [4.69, 9.17) is 0 Å². The van der Waals surface area contributed by atoms with Gasteiger partial charge in [-0.05, 0) is 49.2 Å². The lowest BCUT2D eigenvalue weighted by molar-refractivity contribution is 0.296. The van der Waals surface area contributed by atoms with E-state index in [9.17, 15) is 8.42 Å². The fraction of sp³-hybridized carbons (Fsp3) is 0.333. The summed E-state index contributed by atoms with van der Waals surface area (Å²) in [7, 11) is -1.74. The van der Waals surface area contributed by atoms with Gasteiger partial charge in [-0.15, -0.1) is 0 Å². The van der Waals surface area contributed by atoms with Crippen LogP contribution in [-0.2, 0) is 10.0 Å². The summed E-state index contributed by atoms with van der Waals surface area (Å²) in [6.07, 6.45) is 1.72. The number of sulfonamides is 1. The summed E-state index contributed by atoms with van der Waals surface area (Å²) in [5.74, 6) is 0. The third-order valence-corrected chi connectivity index (χ3v) is 6.39. The molecular formula is C18H22N2O2S. The molecule has 1 heterocycles. The van der Waals surface area contributed by atoms with Crippen LogP contribution in [0.3, 0.4) is 0 Å². The second kappa shape index (κ2) is 6.83. The first-order chi connectivity index (χ1) is 11.1. The summed E-state index contributed by atoms with van der Waals surface area (Å²) in [6, 6.07) is 17.2. The summed E-state index contributed by atoms with van der Waals surface area (Å²) in [4.78, 5) is 0.359. The van der Waals surface area contributed by atoms with Crippen molar-refractivity contribution >= 4 is 10.0 Å². The van der Waals surface area contributed by atoms with Gasteiger partial charge in [0.25, 0.3) is 0 Å². The minimum absolute atomic E-state index is 0.0787. The lowest BCUT2D eigenvalue weighted by Crippen LogP contribution is -2.43. The van der Waals surface area contributed by atoms with Gasteiger partial charge in [-0.2, -0.15) is 4.31 Å². The van der Waals surface area contributed by atoms with Crippen molar-refractivity contribution in [1.82, 2.24) is 9.62 Å². The monoisotopic (exact) mass is 330 g/mol. The maximum Gasteiger partial charge on any atom is 0.243 e. The second-order valence-corrected chi connectivity index (χ2v) is 7.89. The van der Waals surface area contributed by atoms with Gasteiger partial charge in [0.1, 0.15) is 0 Å². The van der Waals surface area contributed by atoms with Gasteiger partial charge in [0, 0.05) is 13.1 Å². The SMILES string of the molecule is CN(C1CCNCC1)S(=O)(=O)c1ccc(-c2ccccc2)cc1. The van der Waals surface area contributed by atoms with Crippen molar-refractivity contribution in [3.8, 4) is 11.1 Å². The van der Waals surface area contributed by atoms with Gasteiger partial charge < -0.3 is 5.32 Å². The first-order valence-electron chi connectivity index (χ1n) is 7.93. The summed E-state index contributed by atoms with van der Waals surface area (Å²) in [5, 5.41) is 3.26. The normalized spacial score (nSPS) is 16.6. The van der Waals surface area contributed by atoms with Gasteiger partial charge in [0.2, 0.25) is 10.0 Å². The fourth-order valence-corrected chi connectivity index (χ4v) is 4.40. The largest absolute Gasteiger partial charge is 0.317 e. The molecule has 0 bridgehead atoms. The molecule has 0 spiro atoms. The van der Waals surface area contributed by atoms with E-state index in [2.05, 4.69) is 5.32 Å². The molecule has 1 aliphatic rings. The van der Waals surface area contributed by atoms with E-state index >= 15 is 0 Å². The van der Waals surface area contributed by atoms with Gasteiger partial charge in [-0.1, -0.05) is 42.5 Å². The van der Waals surface area contributed by atoms with Crippen LogP contribution in [0.15, 0.2) is 59.5 Å². The molecule has 1 N–H and O–H groups in total. The summed E-state index contributed by atoms with van der Waals surface area (Å²) in [5.41, 5.74) is 2.11. The van der Waals surface area contributed by atoms with Crippen LogP contribution < -0.4 is 5.32 Å². The van der Waals surface area contributed by atoms with E-state index < -0.39 is 10.0 Å². The van der Waals surface area contributed by atoms with Gasteiger partial charge in [0.05, 0.1) is 4.90 Å². The molecule has 0 aliphatic carbocycles. The Morgan fingerprint density at radius 1 is 0.913 bits per heavy atom. The highest BCUT2D eigenvalue weighted by Gasteiger charge is 2.28. The van der Waals surface area contributed by atoms with Crippen molar-refractivity contribution < 1.29 is 8.42 Å². The van der Waals surface area contributed by atoms with Crippen molar-refractivity contribution in [2.75, 3.05) is 20.1 Å². The molecule has 1 saturated heterocycles. The number of nitrogens with one attached hydrogen (secondary N) is 1. The predicted octanol–water partition coefficient (Wildman–Crippen LogP) is 2.73. The molecule has 2 aromatic carbocycles. The van der Waals surface area contributed by atoms with Crippen molar-refractivity contribution in [1.29, 1.82) is 0 Å². The fourth-order valence-electron chi connectivity index (χ4n) is 2.98. The molecule has 1 fully saturated rings. The van der Waals surface area contributed by atoms with E-state index in [1.54, 1.807) is 19.2 Å². The predicted molar refractivity (Wildman–Crippen MR) is 92.7 cm³/mol. The Morgan fingerprint density at radius 3 is 2.09 bits per heavy atom. The molecule has 0 saturated carbocycles. The van der Waals surface area contributed by atoms with Crippen LogP contribution in [0.4, 0.5) is 0 Å². The van der Waals surface area contributed by atoms with Crippen LogP contribution in [0, 0.1) is 0 Å². The first kappa shape index (κ1) is 16.2. The van der Waals surface area contributed by atoms with Crippen LogP contribution in [-0.4, -0.2) is 38.9 Å². The molecule has 0 amide bonds. The van der Waals surface area contributed by atoms with Crippen LogP contribution in [0.25, 0.3) is 11.1 Å². The lowest BCUT2D eigenvalue weighted by atomic mass is 10.1. The van der Waals surface area contributed by atoms with Crippen LogP contribution in [0.2, 0.25) is 0 Å². The molecule has 122 valence electrons. The van der Waals surface area contributed by atoms with Crippen LogP contribution in [0.1, 0.15) is 12.8 Å². The number of rotatable bonds is 4. The number of hydrogen-bond donors (Lipinski definition) is 1. The molecule has 23 heavy (non-hydrogen) atoms. The van der Waals surface area contributed by atoms with Crippen molar-refractivity contribution in [2.45, 2.75) is 23.8 Å². The quantitative estimate of drug-likeness (QED) is 0.938. The third kappa shape index (κ3) is 3.47. The van der Waals surface area contributed by atoms with Crippen molar-refractivity contribution in [3.05, 3.63) is 54.6 Å². The zero-order chi connectivity index (χ0) is 16.3. The first-order valence-corrected chi connectivity index (χ1v) is 9.37. The average molecular weight is 330 g/mol. The molecule has 0 atom stereocenters. The van der Waals surface area contributed by atoms with Gasteiger partial charge in [-0.3, -0.25) is 0 Å². The smallest absolute Gasteiger partial charge is 0.243 e. The molecule has 0 radical (unpaired) electrons. The second-order valence-electron chi connectivity index (χ2n) is 5.89. The Morgan fingerprint density at radius 2 is 1.48 bits per heavy atom. The Labute approximate surface area is 138 Å². The maximum absolute atomic E-state index is 12.8. The Balaban J connectivity index is 1.83. The standard InChI is InChI=1S/C18H22N2O2S/c1-20(17-11-13-19-14-12-17)23(21,22)18-9-7-16(8-10-18)15-5-3-2-4-6-15/h2-10,17,19H,11-14H2,1H3. The number of nitrogens with zero attached hydrogens (tertiary/aromatic N) is 1. The average Bonchev–Trinajstić information content (AvgIpc) is 2.62. The number of hydrogen-bond acceptors (Lipinski definition) is 3. The molecule has 5 heteroatoms. The van der Waals surface area contributed by atoms with E-state index in [0.29, 0.717) is 4.90 Å². The van der Waals surface area contributed by atoms with E-state index in [1.807, 2.05) is 42.5 Å². The van der Waals surface area contributed by atoms with Crippen molar-refractivity contribution in [2.24, 2.45) is 0 Å². The topological polar surface area (TPSA) is 49.4 Å². The lowest BCUT2D eigenvalue weighted by Gasteiger charge is -2.30. The summed E-state index contributed by atoms with van der Waals surface area (Å²) < 4.78 is 27.1. The Kier molecular flexibility index (Phi) is 4.80. The zero-order valence-corrected chi connectivity index (χ0v) is 14.1. The molecule has 0 unspecified atom stereocenters. The molecule has 2 aromatic rings. The molecule has 4 nitrogen and oxygen atoms in total. The summed E-state index contributed by atoms with van der Waals surface area (Å²) >= 11 is 0. The van der Waals surface area contributed by atoms with E-state index in [0.717, 1.165) is 37.1 Å². The number of piperidine rings is 1. The highest BCUT2D eigenvalue weighted by atomic mass is 32.2. The van der Waals surface area contributed by atoms with E-state index in [1.165, 1.54) is 4.31 Å². The van der Waals surface area contributed by atoms with Crippen LogP contribution >= 0.6 is 0 Å². The minimum Gasteiger partial charge on any atom is -0.317 e. The Hall–Kier alpha value is -1.69. The highest BCUT2D eigenvalue weighted by Crippen LogP contribution is 2.24. The third-order valence-electron chi connectivity index (χ3n) is 4.46. The summed E-state index contributed by atoms with van der Waals surface area (Å²) in [6.45, 7) is 1.74. The van der Waals surface area contributed by atoms with Crippen molar-refractivity contribution in [3.63, 3.8) is 0 Å². The van der Waals surface area contributed by atoms with E-state index in [-0.39, 0.29) is 6.04 Å². The highest BCUT2D eigenvalue weighted by molar-refractivity contribution is 7.89. The molecule has 3 rings (SSSR count). The molecular weight excluding hydrogens is 308 g/mol. The Bertz CT molecular complexity index is 736. The van der Waals surface area contributed by atoms with Gasteiger partial charge >= 0.3 is 0 Å². The maximum atomic E-state index is 12.8. The van der Waals surface area contributed by atoms with Gasteiger partial charge in [0.15, 0.2) is 0 Å².